The fourth-order valence-electron chi connectivity index (χ4n) is 2.78. The van der Waals surface area contributed by atoms with Gasteiger partial charge in [-0.1, -0.05) is 0 Å². The van der Waals surface area contributed by atoms with Crippen LogP contribution in [0.5, 0.6) is 5.75 Å². The Bertz CT molecular complexity index is 1010. The fourth-order valence-corrected chi connectivity index (χ4v) is 2.78. The molecule has 2 heterocycles. The molecule has 0 aliphatic heterocycles. The van der Waals surface area contributed by atoms with Gasteiger partial charge in [0.15, 0.2) is 5.78 Å². The third-order valence-corrected chi connectivity index (χ3v) is 4.10. The molecule has 138 valence electrons. The first-order valence-electron chi connectivity index (χ1n) is 8.52. The normalized spacial score (nSPS) is 10.5. The van der Waals surface area contributed by atoms with E-state index in [0.717, 1.165) is 5.56 Å². The Morgan fingerprint density at radius 3 is 2.52 bits per heavy atom. The summed E-state index contributed by atoms with van der Waals surface area (Å²) in [7, 11) is 1.58. The molecule has 0 saturated heterocycles. The van der Waals surface area contributed by atoms with E-state index in [1.54, 1.807) is 43.8 Å². The van der Waals surface area contributed by atoms with Gasteiger partial charge in [0.1, 0.15) is 17.1 Å². The van der Waals surface area contributed by atoms with E-state index in [0.29, 0.717) is 23.7 Å². The lowest BCUT2D eigenvalue weighted by Crippen LogP contribution is -2.28. The summed E-state index contributed by atoms with van der Waals surface area (Å²) in [6, 6.07) is 10.7. The van der Waals surface area contributed by atoms with Crippen LogP contribution in [0.3, 0.4) is 0 Å². The molecule has 3 rings (SSSR count). The standard InChI is InChI=1S/C20H20N4O3/c1-4-24-20(26)19(22-15-6-5-11-21-12-15)17(13(2)25)18(23-24)14-7-9-16(27-3)10-8-14/h5-12,22H,4H2,1-3H3. The highest BCUT2D eigenvalue weighted by Crippen LogP contribution is 2.28. The number of ketones is 1. The highest BCUT2D eigenvalue weighted by atomic mass is 16.5. The van der Waals surface area contributed by atoms with Crippen LogP contribution in [0.15, 0.2) is 53.6 Å². The van der Waals surface area contributed by atoms with Crippen molar-refractivity contribution >= 4 is 17.2 Å². The van der Waals surface area contributed by atoms with Gasteiger partial charge in [0.2, 0.25) is 0 Å². The minimum absolute atomic E-state index is 0.193. The predicted octanol–water partition coefficient (Wildman–Crippen LogP) is 3.28. The molecule has 0 radical (unpaired) electrons. The van der Waals surface area contributed by atoms with Crippen molar-refractivity contribution in [1.29, 1.82) is 0 Å². The summed E-state index contributed by atoms with van der Waals surface area (Å²) < 4.78 is 6.53. The molecule has 27 heavy (non-hydrogen) atoms. The van der Waals surface area contributed by atoms with Crippen LogP contribution in [-0.2, 0) is 6.54 Å². The molecule has 0 amide bonds. The van der Waals surface area contributed by atoms with E-state index in [2.05, 4.69) is 15.4 Å². The van der Waals surface area contributed by atoms with Crippen molar-refractivity contribution in [3.8, 4) is 17.0 Å². The largest absolute Gasteiger partial charge is 0.497 e. The number of hydrogen-bond acceptors (Lipinski definition) is 6. The average Bonchev–Trinajstić information content (AvgIpc) is 2.70. The monoisotopic (exact) mass is 364 g/mol. The number of methoxy groups -OCH3 is 1. The van der Waals surface area contributed by atoms with Crippen LogP contribution in [0.1, 0.15) is 24.2 Å². The summed E-state index contributed by atoms with van der Waals surface area (Å²) >= 11 is 0. The summed E-state index contributed by atoms with van der Waals surface area (Å²) in [5.41, 5.74) is 1.86. The second kappa shape index (κ2) is 7.82. The Balaban J connectivity index is 2.24. The maximum absolute atomic E-state index is 12.9. The molecule has 0 bridgehead atoms. The molecule has 0 spiro atoms. The number of aryl methyl sites for hydroxylation is 1. The van der Waals surface area contributed by atoms with Gasteiger partial charge in [0, 0.05) is 18.3 Å². The first kappa shape index (κ1) is 18.3. The topological polar surface area (TPSA) is 86.1 Å². The number of carbonyl (C=O) groups is 1. The molecule has 1 aromatic carbocycles. The Morgan fingerprint density at radius 1 is 1.22 bits per heavy atom. The molecule has 0 unspecified atom stereocenters. The van der Waals surface area contributed by atoms with Gasteiger partial charge in [-0.3, -0.25) is 14.6 Å². The molecule has 7 heteroatoms. The Hall–Kier alpha value is -3.48. The molecule has 2 aromatic heterocycles. The average molecular weight is 364 g/mol. The van der Waals surface area contributed by atoms with Gasteiger partial charge in [-0.05, 0) is 50.2 Å². The maximum atomic E-state index is 12.9. The molecule has 1 N–H and O–H groups in total. The van der Waals surface area contributed by atoms with Crippen LogP contribution in [0.4, 0.5) is 11.4 Å². The SMILES string of the molecule is CCn1nc(-c2ccc(OC)cc2)c(C(C)=O)c(Nc2cccnc2)c1=O. The number of pyridine rings is 1. The van der Waals surface area contributed by atoms with E-state index in [1.165, 1.54) is 11.6 Å². The number of hydrogen-bond donors (Lipinski definition) is 1. The van der Waals surface area contributed by atoms with Gasteiger partial charge in [-0.15, -0.1) is 0 Å². The first-order valence-corrected chi connectivity index (χ1v) is 8.52. The fraction of sp³-hybridized carbons (Fsp3) is 0.200. The number of ether oxygens (including phenoxy) is 1. The molecule has 0 aliphatic carbocycles. The first-order chi connectivity index (χ1) is 13.0. The van der Waals surface area contributed by atoms with E-state index in [-0.39, 0.29) is 22.6 Å². The smallest absolute Gasteiger partial charge is 0.291 e. The van der Waals surface area contributed by atoms with Crippen molar-refractivity contribution in [1.82, 2.24) is 14.8 Å². The number of nitrogens with one attached hydrogen (secondary N) is 1. The second-order valence-corrected chi connectivity index (χ2v) is 5.87. The van der Waals surface area contributed by atoms with Crippen molar-refractivity contribution in [2.24, 2.45) is 0 Å². The Labute approximate surface area is 156 Å². The van der Waals surface area contributed by atoms with E-state index < -0.39 is 0 Å². The summed E-state index contributed by atoms with van der Waals surface area (Å²) in [5.74, 6) is 0.445. The van der Waals surface area contributed by atoms with E-state index in [4.69, 9.17) is 4.74 Å². The van der Waals surface area contributed by atoms with E-state index in [9.17, 15) is 9.59 Å². The second-order valence-electron chi connectivity index (χ2n) is 5.87. The number of anilines is 2. The van der Waals surface area contributed by atoms with Gasteiger partial charge in [-0.2, -0.15) is 5.10 Å². The van der Waals surface area contributed by atoms with Gasteiger partial charge in [0.05, 0.1) is 24.6 Å². The third kappa shape index (κ3) is 3.72. The Kier molecular flexibility index (Phi) is 5.30. The summed E-state index contributed by atoms with van der Waals surface area (Å²) in [6.07, 6.45) is 3.23. The highest BCUT2D eigenvalue weighted by Gasteiger charge is 2.22. The van der Waals surface area contributed by atoms with Gasteiger partial charge in [-0.25, -0.2) is 4.68 Å². The molecule has 7 nitrogen and oxygen atoms in total. The molecule has 0 fully saturated rings. The lowest BCUT2D eigenvalue weighted by molar-refractivity contribution is 0.101. The van der Waals surface area contributed by atoms with Crippen LogP contribution >= 0.6 is 0 Å². The van der Waals surface area contributed by atoms with Crippen LogP contribution in [0.2, 0.25) is 0 Å². The lowest BCUT2D eigenvalue weighted by atomic mass is 10.0. The van der Waals surface area contributed by atoms with Crippen molar-refractivity contribution in [2.45, 2.75) is 20.4 Å². The number of aromatic nitrogens is 3. The lowest BCUT2D eigenvalue weighted by Gasteiger charge is -2.16. The van der Waals surface area contributed by atoms with Crippen molar-refractivity contribution < 1.29 is 9.53 Å². The summed E-state index contributed by atoms with van der Waals surface area (Å²) in [4.78, 5) is 29.4. The Morgan fingerprint density at radius 2 is 1.96 bits per heavy atom. The third-order valence-electron chi connectivity index (χ3n) is 4.10. The zero-order chi connectivity index (χ0) is 19.4. The number of carbonyl (C=O) groups excluding carboxylic acids is 1. The predicted molar refractivity (Wildman–Crippen MR) is 104 cm³/mol. The maximum Gasteiger partial charge on any atom is 0.291 e. The van der Waals surface area contributed by atoms with Crippen molar-refractivity contribution in [3.05, 3.63) is 64.7 Å². The van der Waals surface area contributed by atoms with Crippen molar-refractivity contribution in [2.75, 3.05) is 12.4 Å². The molecular formula is C20H20N4O3. The number of nitrogens with zero attached hydrogens (tertiary/aromatic N) is 3. The van der Waals surface area contributed by atoms with Crippen LogP contribution in [-0.4, -0.2) is 27.7 Å². The quantitative estimate of drug-likeness (QED) is 0.676. The summed E-state index contributed by atoms with van der Waals surface area (Å²) in [6.45, 7) is 3.63. The van der Waals surface area contributed by atoms with Gasteiger partial charge >= 0.3 is 0 Å². The number of Topliss-reactive ketones (excluding diaryl/α,β-unsaturated/α-hetero) is 1. The minimum Gasteiger partial charge on any atom is -0.497 e. The van der Waals surface area contributed by atoms with Crippen LogP contribution in [0.25, 0.3) is 11.3 Å². The van der Waals surface area contributed by atoms with Crippen LogP contribution in [0, 0.1) is 0 Å². The minimum atomic E-state index is -0.358. The van der Waals surface area contributed by atoms with Gasteiger partial charge in [0.25, 0.3) is 5.56 Å². The van der Waals surface area contributed by atoms with Crippen molar-refractivity contribution in [3.63, 3.8) is 0 Å². The number of benzene rings is 1. The van der Waals surface area contributed by atoms with E-state index in [1.807, 2.05) is 19.1 Å². The summed E-state index contributed by atoms with van der Waals surface area (Å²) in [5, 5.41) is 7.48. The highest BCUT2D eigenvalue weighted by molar-refractivity contribution is 6.05. The molecular weight excluding hydrogens is 344 g/mol. The molecule has 0 saturated carbocycles. The van der Waals surface area contributed by atoms with E-state index >= 15 is 0 Å². The number of rotatable bonds is 6. The molecule has 0 aliphatic rings. The molecule has 3 aromatic rings. The van der Waals surface area contributed by atoms with Gasteiger partial charge < -0.3 is 10.1 Å². The van der Waals surface area contributed by atoms with Crippen LogP contribution < -0.4 is 15.6 Å². The zero-order valence-electron chi connectivity index (χ0n) is 15.4. The zero-order valence-corrected chi connectivity index (χ0v) is 15.4. The molecule has 0 atom stereocenters.